The van der Waals surface area contributed by atoms with Crippen LogP contribution in [-0.2, 0) is 0 Å². The smallest absolute Gasteiger partial charge is 0.0672 e. The van der Waals surface area contributed by atoms with Crippen molar-refractivity contribution in [1.82, 2.24) is 4.90 Å². The Morgan fingerprint density at radius 3 is 2.55 bits per heavy atom. The van der Waals surface area contributed by atoms with Crippen molar-refractivity contribution in [2.45, 2.75) is 71.9 Å². The number of aliphatic hydroxyl groups excluding tert-OH is 1. The van der Waals surface area contributed by atoms with Crippen LogP contribution in [0, 0.1) is 28.6 Å². The first-order valence-electron chi connectivity index (χ1n) is 8.09. The number of aliphatic hydroxyl groups is 1. The van der Waals surface area contributed by atoms with E-state index >= 15 is 0 Å². The minimum absolute atomic E-state index is 0.151. The number of hydrogen-bond acceptors (Lipinski definition) is 3. The van der Waals surface area contributed by atoms with Gasteiger partial charge in [-0.15, -0.1) is 0 Å². The number of nitrogens with zero attached hydrogens (tertiary/aromatic N) is 2. The van der Waals surface area contributed by atoms with E-state index in [1.165, 1.54) is 12.8 Å². The Labute approximate surface area is 125 Å². The molecule has 0 radical (unpaired) electrons. The lowest BCUT2D eigenvalue weighted by molar-refractivity contribution is 0.0569. The van der Waals surface area contributed by atoms with Gasteiger partial charge in [0.2, 0.25) is 0 Å². The maximum Gasteiger partial charge on any atom is 0.0672 e. The lowest BCUT2D eigenvalue weighted by Crippen LogP contribution is -2.45. The van der Waals surface area contributed by atoms with Gasteiger partial charge in [-0.25, -0.2) is 0 Å². The lowest BCUT2D eigenvalue weighted by atomic mass is 9.66. The summed E-state index contributed by atoms with van der Waals surface area (Å²) < 4.78 is 0. The standard InChI is InChI=1S/C17H32N2O/c1-6-17(3,4)15-8-7-14(12-18)16(11-15)19(5)10-9-13(2)20/h13-16,20H,6-11H2,1-5H3. The van der Waals surface area contributed by atoms with Crippen LogP contribution >= 0.6 is 0 Å². The predicted octanol–water partition coefficient (Wildman–Crippen LogP) is 3.43. The number of rotatable bonds is 6. The highest BCUT2D eigenvalue weighted by molar-refractivity contribution is 4.99. The molecular weight excluding hydrogens is 248 g/mol. The summed E-state index contributed by atoms with van der Waals surface area (Å²) in [5.74, 6) is 0.856. The second-order valence-corrected chi connectivity index (χ2v) is 7.27. The summed E-state index contributed by atoms with van der Waals surface area (Å²) in [6, 6.07) is 2.86. The summed E-state index contributed by atoms with van der Waals surface area (Å²) in [7, 11) is 2.11. The summed E-state index contributed by atoms with van der Waals surface area (Å²) in [6.45, 7) is 9.69. The fourth-order valence-corrected chi connectivity index (χ4v) is 3.34. The topological polar surface area (TPSA) is 47.3 Å². The van der Waals surface area contributed by atoms with Gasteiger partial charge in [0, 0.05) is 12.6 Å². The maximum atomic E-state index is 9.45. The molecule has 3 nitrogen and oxygen atoms in total. The van der Waals surface area contributed by atoms with Gasteiger partial charge >= 0.3 is 0 Å². The van der Waals surface area contributed by atoms with Crippen LogP contribution in [0.25, 0.3) is 0 Å². The minimum Gasteiger partial charge on any atom is -0.393 e. The molecule has 1 N–H and O–H groups in total. The summed E-state index contributed by atoms with van der Waals surface area (Å²) in [5, 5.41) is 18.9. The minimum atomic E-state index is -0.260. The summed E-state index contributed by atoms with van der Waals surface area (Å²) >= 11 is 0. The van der Waals surface area contributed by atoms with Crippen LogP contribution in [0.15, 0.2) is 0 Å². The SMILES string of the molecule is CCC(C)(C)C1CCC(C#N)C(N(C)CCC(C)O)C1. The maximum absolute atomic E-state index is 9.45. The van der Waals surface area contributed by atoms with Crippen molar-refractivity contribution in [1.29, 1.82) is 5.26 Å². The third-order valence-corrected chi connectivity index (χ3v) is 5.46. The van der Waals surface area contributed by atoms with Gasteiger partial charge in [-0.3, -0.25) is 0 Å². The van der Waals surface area contributed by atoms with E-state index in [0.717, 1.165) is 25.8 Å². The molecule has 116 valence electrons. The molecule has 0 aliphatic heterocycles. The van der Waals surface area contributed by atoms with Crippen LogP contribution in [0.5, 0.6) is 0 Å². The van der Waals surface area contributed by atoms with Crippen LogP contribution in [0.1, 0.15) is 59.8 Å². The molecule has 1 aliphatic carbocycles. The molecule has 20 heavy (non-hydrogen) atoms. The molecule has 0 aromatic heterocycles. The average molecular weight is 280 g/mol. The lowest BCUT2D eigenvalue weighted by Gasteiger charge is -2.44. The molecule has 0 spiro atoms. The zero-order valence-electron chi connectivity index (χ0n) is 13.9. The summed E-state index contributed by atoms with van der Waals surface area (Å²) in [5.41, 5.74) is 0.365. The quantitative estimate of drug-likeness (QED) is 0.811. The molecule has 3 heteroatoms. The molecule has 0 saturated heterocycles. The molecule has 0 amide bonds. The zero-order valence-corrected chi connectivity index (χ0v) is 13.9. The second-order valence-electron chi connectivity index (χ2n) is 7.27. The predicted molar refractivity (Wildman–Crippen MR) is 83.2 cm³/mol. The average Bonchev–Trinajstić information content (AvgIpc) is 2.43. The van der Waals surface area contributed by atoms with Crippen molar-refractivity contribution in [3.63, 3.8) is 0 Å². The molecule has 0 heterocycles. The van der Waals surface area contributed by atoms with Crippen LogP contribution < -0.4 is 0 Å². The van der Waals surface area contributed by atoms with E-state index in [1.807, 2.05) is 6.92 Å². The van der Waals surface area contributed by atoms with Crippen molar-refractivity contribution < 1.29 is 5.11 Å². The molecule has 0 aromatic rings. The van der Waals surface area contributed by atoms with E-state index in [0.29, 0.717) is 17.4 Å². The second kappa shape index (κ2) is 7.43. The van der Waals surface area contributed by atoms with Gasteiger partial charge in [0.15, 0.2) is 0 Å². The van der Waals surface area contributed by atoms with E-state index in [9.17, 15) is 10.4 Å². The Bertz CT molecular complexity index is 332. The molecule has 4 unspecified atom stereocenters. The Balaban J connectivity index is 2.71. The Hall–Kier alpha value is -0.590. The molecule has 0 aromatic carbocycles. The first-order valence-corrected chi connectivity index (χ1v) is 8.09. The van der Waals surface area contributed by atoms with E-state index in [4.69, 9.17) is 0 Å². The van der Waals surface area contributed by atoms with Crippen LogP contribution in [0.2, 0.25) is 0 Å². The Morgan fingerprint density at radius 1 is 1.40 bits per heavy atom. The highest BCUT2D eigenvalue weighted by Crippen LogP contribution is 2.43. The van der Waals surface area contributed by atoms with Crippen LogP contribution in [0.3, 0.4) is 0 Å². The highest BCUT2D eigenvalue weighted by Gasteiger charge is 2.38. The molecular formula is C17H32N2O. The molecule has 4 atom stereocenters. The fourth-order valence-electron chi connectivity index (χ4n) is 3.34. The summed E-state index contributed by atoms with van der Waals surface area (Å²) in [4.78, 5) is 2.30. The summed E-state index contributed by atoms with van der Waals surface area (Å²) in [6.07, 6.45) is 5.04. The fraction of sp³-hybridized carbons (Fsp3) is 0.941. The van der Waals surface area contributed by atoms with Gasteiger partial charge in [-0.2, -0.15) is 5.26 Å². The molecule has 1 aliphatic rings. The van der Waals surface area contributed by atoms with Gasteiger partial charge in [-0.05, 0) is 51.0 Å². The van der Waals surface area contributed by atoms with Gasteiger partial charge in [0.25, 0.3) is 0 Å². The Morgan fingerprint density at radius 2 is 2.05 bits per heavy atom. The first-order chi connectivity index (χ1) is 9.31. The van der Waals surface area contributed by atoms with E-state index in [2.05, 4.69) is 38.8 Å². The number of hydrogen-bond donors (Lipinski definition) is 1. The van der Waals surface area contributed by atoms with E-state index in [1.54, 1.807) is 0 Å². The van der Waals surface area contributed by atoms with E-state index < -0.39 is 0 Å². The van der Waals surface area contributed by atoms with Crippen LogP contribution in [0.4, 0.5) is 0 Å². The normalized spacial score (nSPS) is 29.2. The van der Waals surface area contributed by atoms with Crippen molar-refractivity contribution in [3.8, 4) is 6.07 Å². The van der Waals surface area contributed by atoms with Gasteiger partial charge < -0.3 is 10.0 Å². The van der Waals surface area contributed by atoms with Crippen molar-refractivity contribution in [3.05, 3.63) is 0 Å². The van der Waals surface area contributed by atoms with Crippen molar-refractivity contribution in [2.24, 2.45) is 17.3 Å². The molecule has 1 rings (SSSR count). The molecule has 1 saturated carbocycles. The number of nitriles is 1. The van der Waals surface area contributed by atoms with Crippen LogP contribution in [-0.4, -0.2) is 35.7 Å². The third kappa shape index (κ3) is 4.46. The van der Waals surface area contributed by atoms with Gasteiger partial charge in [-0.1, -0.05) is 27.2 Å². The van der Waals surface area contributed by atoms with Crippen molar-refractivity contribution in [2.75, 3.05) is 13.6 Å². The van der Waals surface area contributed by atoms with Crippen molar-refractivity contribution >= 4 is 0 Å². The highest BCUT2D eigenvalue weighted by atomic mass is 16.3. The Kier molecular flexibility index (Phi) is 6.48. The van der Waals surface area contributed by atoms with Gasteiger partial charge in [0.05, 0.1) is 18.1 Å². The monoisotopic (exact) mass is 280 g/mol. The molecule has 1 fully saturated rings. The largest absolute Gasteiger partial charge is 0.393 e. The zero-order chi connectivity index (χ0) is 15.3. The van der Waals surface area contributed by atoms with Gasteiger partial charge in [0.1, 0.15) is 0 Å². The first kappa shape index (κ1) is 17.5. The third-order valence-electron chi connectivity index (χ3n) is 5.46. The molecule has 0 bridgehead atoms. The van der Waals surface area contributed by atoms with E-state index in [-0.39, 0.29) is 12.0 Å².